The average Bonchev–Trinajstić information content (AvgIpc) is 2.65. The highest BCUT2D eigenvalue weighted by molar-refractivity contribution is 9.10. The summed E-state index contributed by atoms with van der Waals surface area (Å²) >= 11 is 3.49. The first-order chi connectivity index (χ1) is 7.56. The van der Waals surface area contributed by atoms with Crippen LogP contribution in [0.25, 0.3) is 0 Å². The first-order valence-electron chi connectivity index (χ1n) is 5.22. The van der Waals surface area contributed by atoms with Crippen molar-refractivity contribution in [2.75, 3.05) is 7.11 Å². The van der Waals surface area contributed by atoms with Crippen LogP contribution in [-0.4, -0.2) is 13.1 Å². The first-order valence-corrected chi connectivity index (χ1v) is 6.01. The number of carbonyl (C=O) groups is 1. The van der Waals surface area contributed by atoms with Crippen LogP contribution in [0.4, 0.5) is 0 Å². The molecule has 0 bridgehead atoms. The standard InChI is InChI=1S/C12H14BrNO2/c1-6-8(12(15)16-2)5-9(13)7-3-4-10(14)11(6)7/h5,10H,3-4,14H2,1-2H3. The van der Waals surface area contributed by atoms with Gasteiger partial charge in [0.05, 0.1) is 12.7 Å². The SMILES string of the molecule is COC(=O)c1cc(Br)c2c(c1C)C(N)CC2. The number of fused-ring (bicyclic) bond motifs is 1. The topological polar surface area (TPSA) is 52.3 Å². The quantitative estimate of drug-likeness (QED) is 0.806. The molecule has 1 aromatic rings. The maximum Gasteiger partial charge on any atom is 0.338 e. The molecule has 3 nitrogen and oxygen atoms in total. The van der Waals surface area contributed by atoms with Crippen LogP contribution < -0.4 is 5.73 Å². The van der Waals surface area contributed by atoms with Crippen LogP contribution in [-0.2, 0) is 11.2 Å². The molecule has 1 aliphatic carbocycles. The Kier molecular flexibility index (Phi) is 3.04. The van der Waals surface area contributed by atoms with Gasteiger partial charge in [-0.15, -0.1) is 0 Å². The summed E-state index contributed by atoms with van der Waals surface area (Å²) in [6.45, 7) is 1.93. The van der Waals surface area contributed by atoms with Crippen molar-refractivity contribution in [2.24, 2.45) is 5.73 Å². The summed E-state index contributed by atoms with van der Waals surface area (Å²) in [6, 6.07) is 1.87. The summed E-state index contributed by atoms with van der Waals surface area (Å²) in [7, 11) is 1.39. The van der Waals surface area contributed by atoms with Gasteiger partial charge in [0, 0.05) is 10.5 Å². The van der Waals surface area contributed by atoms with E-state index in [-0.39, 0.29) is 12.0 Å². The van der Waals surface area contributed by atoms with Crippen LogP contribution in [0.1, 0.15) is 39.5 Å². The van der Waals surface area contributed by atoms with Gasteiger partial charge >= 0.3 is 5.97 Å². The van der Waals surface area contributed by atoms with Crippen LogP contribution >= 0.6 is 15.9 Å². The minimum atomic E-state index is -0.305. The molecular weight excluding hydrogens is 270 g/mol. The number of methoxy groups -OCH3 is 1. The number of benzene rings is 1. The fourth-order valence-electron chi connectivity index (χ4n) is 2.34. The van der Waals surface area contributed by atoms with Crippen molar-refractivity contribution in [2.45, 2.75) is 25.8 Å². The Labute approximate surface area is 103 Å². The number of rotatable bonds is 1. The van der Waals surface area contributed by atoms with Crippen molar-refractivity contribution >= 4 is 21.9 Å². The fraction of sp³-hybridized carbons (Fsp3) is 0.417. The molecule has 0 saturated heterocycles. The van der Waals surface area contributed by atoms with E-state index in [1.54, 1.807) is 0 Å². The van der Waals surface area contributed by atoms with Gasteiger partial charge in [-0.1, -0.05) is 15.9 Å². The molecule has 0 saturated carbocycles. The van der Waals surface area contributed by atoms with E-state index in [0.717, 1.165) is 28.4 Å². The second-order valence-corrected chi connectivity index (χ2v) is 4.91. The monoisotopic (exact) mass is 283 g/mol. The predicted octanol–water partition coefficient (Wildman–Crippen LogP) is 2.49. The van der Waals surface area contributed by atoms with Gasteiger partial charge in [0.1, 0.15) is 0 Å². The number of ether oxygens (including phenoxy) is 1. The third kappa shape index (κ3) is 1.66. The highest BCUT2D eigenvalue weighted by atomic mass is 79.9. The van der Waals surface area contributed by atoms with Crippen LogP contribution in [0.2, 0.25) is 0 Å². The lowest BCUT2D eigenvalue weighted by Gasteiger charge is -2.14. The van der Waals surface area contributed by atoms with E-state index in [0.29, 0.717) is 5.56 Å². The highest BCUT2D eigenvalue weighted by Gasteiger charge is 2.26. The maximum atomic E-state index is 11.6. The number of nitrogens with two attached hydrogens (primary N) is 1. The summed E-state index contributed by atoms with van der Waals surface area (Å²) in [5.41, 5.74) is 9.95. The second-order valence-electron chi connectivity index (χ2n) is 4.06. The second kappa shape index (κ2) is 4.18. The van der Waals surface area contributed by atoms with E-state index >= 15 is 0 Å². The Morgan fingerprint density at radius 3 is 2.94 bits per heavy atom. The zero-order valence-corrected chi connectivity index (χ0v) is 10.9. The fourth-order valence-corrected chi connectivity index (χ4v) is 2.99. The molecule has 1 atom stereocenters. The van der Waals surface area contributed by atoms with Crippen molar-refractivity contribution < 1.29 is 9.53 Å². The molecule has 0 radical (unpaired) electrons. The van der Waals surface area contributed by atoms with Gasteiger partial charge in [-0.05, 0) is 42.5 Å². The lowest BCUT2D eigenvalue weighted by atomic mass is 9.97. The Hall–Kier alpha value is -0.870. The molecule has 0 fully saturated rings. The Morgan fingerprint density at radius 1 is 1.62 bits per heavy atom. The summed E-state index contributed by atoms with van der Waals surface area (Å²) in [4.78, 5) is 11.6. The third-order valence-corrected chi connectivity index (χ3v) is 3.88. The lowest BCUT2D eigenvalue weighted by molar-refractivity contribution is 0.0599. The molecule has 0 aromatic heterocycles. The van der Waals surface area contributed by atoms with E-state index in [9.17, 15) is 4.79 Å². The van der Waals surface area contributed by atoms with Gasteiger partial charge in [0.25, 0.3) is 0 Å². The van der Waals surface area contributed by atoms with E-state index in [4.69, 9.17) is 10.5 Å². The van der Waals surface area contributed by atoms with Crippen molar-refractivity contribution in [3.63, 3.8) is 0 Å². The van der Waals surface area contributed by atoms with Crippen molar-refractivity contribution in [3.8, 4) is 0 Å². The van der Waals surface area contributed by atoms with Gasteiger partial charge in [0.15, 0.2) is 0 Å². The minimum absolute atomic E-state index is 0.0379. The largest absolute Gasteiger partial charge is 0.465 e. The number of halogens is 1. The van der Waals surface area contributed by atoms with Gasteiger partial charge in [0.2, 0.25) is 0 Å². The van der Waals surface area contributed by atoms with Gasteiger partial charge in [-0.2, -0.15) is 0 Å². The molecule has 2 rings (SSSR count). The van der Waals surface area contributed by atoms with Gasteiger partial charge in [-0.3, -0.25) is 0 Å². The van der Waals surface area contributed by atoms with Crippen molar-refractivity contribution in [3.05, 3.63) is 32.8 Å². The van der Waals surface area contributed by atoms with Crippen LogP contribution in [0.5, 0.6) is 0 Å². The summed E-state index contributed by atoms with van der Waals surface area (Å²) in [5.74, 6) is -0.305. The lowest BCUT2D eigenvalue weighted by Crippen LogP contribution is -2.12. The molecule has 2 N–H and O–H groups in total. The average molecular weight is 284 g/mol. The molecule has 0 amide bonds. The number of carbonyl (C=O) groups excluding carboxylic acids is 1. The van der Waals surface area contributed by atoms with Gasteiger partial charge < -0.3 is 10.5 Å². The molecule has 0 aliphatic heterocycles. The van der Waals surface area contributed by atoms with E-state index < -0.39 is 0 Å². The van der Waals surface area contributed by atoms with Gasteiger partial charge in [-0.25, -0.2) is 4.79 Å². The number of hydrogen-bond acceptors (Lipinski definition) is 3. The summed E-state index contributed by atoms with van der Waals surface area (Å²) in [6.07, 6.45) is 1.92. The van der Waals surface area contributed by atoms with Crippen LogP contribution in [0, 0.1) is 6.92 Å². The predicted molar refractivity (Wildman–Crippen MR) is 65.5 cm³/mol. The zero-order chi connectivity index (χ0) is 11.9. The Balaban J connectivity index is 2.64. The Bertz CT molecular complexity index is 457. The molecule has 1 aliphatic rings. The molecule has 4 heteroatoms. The first kappa shape index (κ1) is 11.6. The highest BCUT2D eigenvalue weighted by Crippen LogP contribution is 2.38. The minimum Gasteiger partial charge on any atom is -0.465 e. The van der Waals surface area contributed by atoms with E-state index in [1.807, 2.05) is 13.0 Å². The molecule has 1 aromatic carbocycles. The molecule has 0 spiro atoms. The third-order valence-electron chi connectivity index (χ3n) is 3.17. The molecule has 0 heterocycles. The number of esters is 1. The Morgan fingerprint density at radius 2 is 2.31 bits per heavy atom. The molecule has 16 heavy (non-hydrogen) atoms. The summed E-state index contributed by atoms with van der Waals surface area (Å²) < 4.78 is 5.73. The normalized spacial score (nSPS) is 18.4. The zero-order valence-electron chi connectivity index (χ0n) is 9.34. The van der Waals surface area contributed by atoms with Crippen molar-refractivity contribution in [1.82, 2.24) is 0 Å². The van der Waals surface area contributed by atoms with E-state index in [2.05, 4.69) is 15.9 Å². The van der Waals surface area contributed by atoms with Crippen LogP contribution in [0.3, 0.4) is 0 Å². The van der Waals surface area contributed by atoms with Crippen LogP contribution in [0.15, 0.2) is 10.5 Å². The maximum absolute atomic E-state index is 11.6. The summed E-state index contributed by atoms with van der Waals surface area (Å²) in [5, 5.41) is 0. The molecule has 1 unspecified atom stereocenters. The molecular formula is C12H14BrNO2. The smallest absolute Gasteiger partial charge is 0.338 e. The van der Waals surface area contributed by atoms with Crippen molar-refractivity contribution in [1.29, 1.82) is 0 Å². The molecule has 86 valence electrons. The number of hydrogen-bond donors (Lipinski definition) is 1. The van der Waals surface area contributed by atoms with E-state index in [1.165, 1.54) is 12.7 Å².